The molecule has 0 aliphatic heterocycles. The van der Waals surface area contributed by atoms with Gasteiger partial charge in [0.15, 0.2) is 5.69 Å². The number of ether oxygens (including phenoxy) is 3. The molecule has 0 unspecified atom stereocenters. The smallest absolute Gasteiger partial charge is 0.358 e. The third kappa shape index (κ3) is 3.75. The van der Waals surface area contributed by atoms with Crippen molar-refractivity contribution in [1.82, 2.24) is 14.8 Å². The van der Waals surface area contributed by atoms with Crippen LogP contribution in [-0.2, 0) is 11.8 Å². The topological polar surface area (TPSA) is 75.5 Å². The fourth-order valence-corrected chi connectivity index (χ4v) is 2.75. The molecule has 1 fully saturated rings. The maximum absolute atomic E-state index is 11.9. The molecule has 0 saturated heterocycles. The largest absolute Gasteiger partial charge is 0.496 e. The van der Waals surface area contributed by atoms with Crippen molar-refractivity contribution in [2.45, 2.75) is 26.2 Å². The number of aromatic nitrogens is 3. The molecule has 134 valence electrons. The first-order valence-electron chi connectivity index (χ1n) is 8.50. The highest BCUT2D eigenvalue weighted by Crippen LogP contribution is 2.33. The highest BCUT2D eigenvalue weighted by Gasteiger charge is 2.20. The van der Waals surface area contributed by atoms with E-state index in [-0.39, 0.29) is 5.69 Å². The zero-order valence-electron chi connectivity index (χ0n) is 14.8. The van der Waals surface area contributed by atoms with E-state index in [1.165, 1.54) is 19.3 Å². The molecular formula is C18H23N3O4. The second-order valence-electron chi connectivity index (χ2n) is 6.09. The molecule has 0 atom stereocenters. The van der Waals surface area contributed by atoms with Crippen LogP contribution in [0.25, 0.3) is 11.3 Å². The van der Waals surface area contributed by atoms with Gasteiger partial charge in [0, 0.05) is 19.3 Å². The van der Waals surface area contributed by atoms with Crippen LogP contribution in [0.1, 0.15) is 36.7 Å². The maximum Gasteiger partial charge on any atom is 0.358 e. The molecule has 0 N–H and O–H groups in total. The van der Waals surface area contributed by atoms with Gasteiger partial charge in [-0.15, -0.1) is 0 Å². The fraction of sp³-hybridized carbons (Fsp3) is 0.500. The van der Waals surface area contributed by atoms with Gasteiger partial charge in [0.1, 0.15) is 5.75 Å². The molecule has 0 amide bonds. The molecule has 0 radical (unpaired) electrons. The molecule has 1 aliphatic carbocycles. The minimum atomic E-state index is -0.447. The third-order valence-electron chi connectivity index (χ3n) is 4.39. The molecule has 25 heavy (non-hydrogen) atoms. The first kappa shape index (κ1) is 17.3. The van der Waals surface area contributed by atoms with Crippen LogP contribution in [0.3, 0.4) is 0 Å². The fourth-order valence-electron chi connectivity index (χ4n) is 2.75. The maximum atomic E-state index is 11.9. The minimum Gasteiger partial charge on any atom is -0.496 e. The van der Waals surface area contributed by atoms with E-state index in [1.54, 1.807) is 44.1 Å². The van der Waals surface area contributed by atoms with Gasteiger partial charge in [-0.05, 0) is 31.7 Å². The Bertz CT molecular complexity index is 753. The van der Waals surface area contributed by atoms with E-state index in [2.05, 4.69) is 10.1 Å². The van der Waals surface area contributed by atoms with Gasteiger partial charge >= 0.3 is 5.97 Å². The number of hydrogen-bond acceptors (Lipinski definition) is 6. The molecule has 0 aromatic carbocycles. The van der Waals surface area contributed by atoms with Crippen molar-refractivity contribution in [3.8, 4) is 22.9 Å². The summed E-state index contributed by atoms with van der Waals surface area (Å²) in [7, 11) is 3.36. The van der Waals surface area contributed by atoms with Gasteiger partial charge in [-0.25, -0.2) is 9.78 Å². The van der Waals surface area contributed by atoms with E-state index in [1.807, 2.05) is 0 Å². The number of hydrogen-bond donors (Lipinski definition) is 0. The summed E-state index contributed by atoms with van der Waals surface area (Å²) in [5.41, 5.74) is 1.72. The molecular weight excluding hydrogens is 322 g/mol. The summed E-state index contributed by atoms with van der Waals surface area (Å²) < 4.78 is 17.9. The highest BCUT2D eigenvalue weighted by atomic mass is 16.5. The van der Waals surface area contributed by atoms with Crippen molar-refractivity contribution in [2.75, 3.05) is 20.3 Å². The minimum absolute atomic E-state index is 0.256. The lowest BCUT2D eigenvalue weighted by atomic mass is 9.86. The first-order chi connectivity index (χ1) is 12.1. The molecule has 1 aliphatic rings. The Hall–Kier alpha value is -2.57. The van der Waals surface area contributed by atoms with E-state index in [0.717, 1.165) is 11.3 Å². The Balaban J connectivity index is 1.82. The molecule has 7 heteroatoms. The molecule has 3 rings (SSSR count). The molecule has 2 heterocycles. The standard InChI is InChI=1S/C18H23N3O4/c1-4-24-18(22)14-8-15(21(2)20-14)13-10-19-17(9-16(13)23-3)25-11-12-6-5-7-12/h8-10,12H,4-7,11H2,1-3H3. The lowest BCUT2D eigenvalue weighted by Crippen LogP contribution is -2.19. The van der Waals surface area contributed by atoms with Crippen LogP contribution in [0, 0.1) is 5.92 Å². The molecule has 1 saturated carbocycles. The SMILES string of the molecule is CCOC(=O)c1cc(-c2cnc(OCC3CCC3)cc2OC)n(C)n1. The second-order valence-corrected chi connectivity index (χ2v) is 6.09. The van der Waals surface area contributed by atoms with Crippen LogP contribution in [0.5, 0.6) is 11.6 Å². The van der Waals surface area contributed by atoms with E-state index >= 15 is 0 Å². The van der Waals surface area contributed by atoms with Crippen molar-refractivity contribution in [2.24, 2.45) is 13.0 Å². The average molecular weight is 345 g/mol. The zero-order valence-corrected chi connectivity index (χ0v) is 14.8. The number of aryl methyl sites for hydroxylation is 1. The molecule has 2 aromatic rings. The summed E-state index contributed by atoms with van der Waals surface area (Å²) in [5.74, 6) is 1.35. The Labute approximate surface area is 146 Å². The van der Waals surface area contributed by atoms with Crippen LogP contribution >= 0.6 is 0 Å². The second kappa shape index (κ2) is 7.55. The summed E-state index contributed by atoms with van der Waals surface area (Å²) in [4.78, 5) is 16.2. The van der Waals surface area contributed by atoms with Crippen LogP contribution < -0.4 is 9.47 Å². The van der Waals surface area contributed by atoms with Crippen molar-refractivity contribution < 1.29 is 19.0 Å². The summed E-state index contributed by atoms with van der Waals surface area (Å²) in [6.07, 6.45) is 5.41. The predicted molar refractivity (Wildman–Crippen MR) is 91.8 cm³/mol. The van der Waals surface area contributed by atoms with Crippen LogP contribution in [0.2, 0.25) is 0 Å². The van der Waals surface area contributed by atoms with Crippen LogP contribution in [-0.4, -0.2) is 41.1 Å². The summed E-state index contributed by atoms with van der Waals surface area (Å²) >= 11 is 0. The van der Waals surface area contributed by atoms with Crippen LogP contribution in [0.15, 0.2) is 18.3 Å². The normalized spacial score (nSPS) is 14.0. The highest BCUT2D eigenvalue weighted by molar-refractivity contribution is 5.89. The summed E-state index contributed by atoms with van der Waals surface area (Å²) in [5, 5.41) is 4.21. The Morgan fingerprint density at radius 2 is 2.16 bits per heavy atom. The van der Waals surface area contributed by atoms with Gasteiger partial charge < -0.3 is 14.2 Å². The van der Waals surface area contributed by atoms with E-state index in [9.17, 15) is 4.79 Å². The molecule has 2 aromatic heterocycles. The number of esters is 1. The molecule has 0 bridgehead atoms. The summed E-state index contributed by atoms with van der Waals surface area (Å²) in [6.45, 7) is 2.76. The number of methoxy groups -OCH3 is 1. The first-order valence-corrected chi connectivity index (χ1v) is 8.50. The van der Waals surface area contributed by atoms with E-state index in [0.29, 0.717) is 30.8 Å². The monoisotopic (exact) mass is 345 g/mol. The quantitative estimate of drug-likeness (QED) is 0.718. The van der Waals surface area contributed by atoms with E-state index in [4.69, 9.17) is 14.2 Å². The Morgan fingerprint density at radius 1 is 1.36 bits per heavy atom. The van der Waals surface area contributed by atoms with Gasteiger partial charge in [-0.1, -0.05) is 6.42 Å². The van der Waals surface area contributed by atoms with Crippen molar-refractivity contribution in [3.63, 3.8) is 0 Å². The number of carbonyl (C=O) groups is 1. The van der Waals surface area contributed by atoms with Gasteiger partial charge in [0.2, 0.25) is 5.88 Å². The molecule has 7 nitrogen and oxygen atoms in total. The van der Waals surface area contributed by atoms with Crippen LogP contribution in [0.4, 0.5) is 0 Å². The van der Waals surface area contributed by atoms with Crippen molar-refractivity contribution in [1.29, 1.82) is 0 Å². The number of carbonyl (C=O) groups excluding carboxylic acids is 1. The third-order valence-corrected chi connectivity index (χ3v) is 4.39. The number of nitrogens with zero attached hydrogens (tertiary/aromatic N) is 3. The Kier molecular flexibility index (Phi) is 5.21. The predicted octanol–water partition coefficient (Wildman–Crippen LogP) is 2.85. The number of rotatable bonds is 7. The zero-order chi connectivity index (χ0) is 17.8. The van der Waals surface area contributed by atoms with Gasteiger partial charge in [-0.3, -0.25) is 4.68 Å². The van der Waals surface area contributed by atoms with E-state index < -0.39 is 5.97 Å². The van der Waals surface area contributed by atoms with Crippen molar-refractivity contribution in [3.05, 3.63) is 24.0 Å². The lowest BCUT2D eigenvalue weighted by molar-refractivity contribution is 0.0518. The lowest BCUT2D eigenvalue weighted by Gasteiger charge is -2.24. The number of pyridine rings is 1. The average Bonchev–Trinajstić information content (AvgIpc) is 2.95. The molecule has 0 spiro atoms. The van der Waals surface area contributed by atoms with Gasteiger partial charge in [0.25, 0.3) is 0 Å². The van der Waals surface area contributed by atoms with Gasteiger partial charge in [-0.2, -0.15) is 5.10 Å². The van der Waals surface area contributed by atoms with Crippen molar-refractivity contribution >= 4 is 5.97 Å². The summed E-state index contributed by atoms with van der Waals surface area (Å²) in [6, 6.07) is 3.44. The van der Waals surface area contributed by atoms with Gasteiger partial charge in [0.05, 0.1) is 31.6 Å². The Morgan fingerprint density at radius 3 is 2.80 bits per heavy atom.